The Balaban J connectivity index is 2.05. The standard InChI is InChI=1S/C17H18Cl2N2O4S/c1-11(17(22)20-2)25-14-5-7-15(8-6-14)26(23,24)21-10-12-3-4-13(18)9-16(12)19/h3-9,11,21H,10H2,1-2H3,(H,20,22)/t11-/m0/s1. The first-order valence-corrected chi connectivity index (χ1v) is 9.89. The number of benzene rings is 2. The zero-order chi connectivity index (χ0) is 19.3. The van der Waals surface area contributed by atoms with E-state index in [1.165, 1.54) is 31.3 Å². The van der Waals surface area contributed by atoms with E-state index in [0.717, 1.165) is 0 Å². The van der Waals surface area contributed by atoms with E-state index in [1.54, 1.807) is 25.1 Å². The summed E-state index contributed by atoms with van der Waals surface area (Å²) in [6.45, 7) is 1.63. The molecule has 9 heteroatoms. The molecule has 2 rings (SSSR count). The van der Waals surface area contributed by atoms with Gasteiger partial charge in [-0.3, -0.25) is 4.79 Å². The number of carbonyl (C=O) groups excluding carboxylic acids is 1. The Morgan fingerprint density at radius 3 is 2.38 bits per heavy atom. The first-order chi connectivity index (χ1) is 12.2. The van der Waals surface area contributed by atoms with Crippen molar-refractivity contribution < 1.29 is 17.9 Å². The summed E-state index contributed by atoms with van der Waals surface area (Å²) in [7, 11) is -2.22. The lowest BCUT2D eigenvalue weighted by Gasteiger charge is -2.13. The summed E-state index contributed by atoms with van der Waals surface area (Å²) in [5, 5.41) is 3.33. The SMILES string of the molecule is CNC(=O)[C@H](C)Oc1ccc(S(=O)(=O)NCc2ccc(Cl)cc2Cl)cc1. The lowest BCUT2D eigenvalue weighted by Crippen LogP contribution is -2.33. The molecule has 0 aromatic heterocycles. The monoisotopic (exact) mass is 416 g/mol. The highest BCUT2D eigenvalue weighted by Crippen LogP contribution is 2.22. The molecule has 2 aromatic rings. The molecule has 0 heterocycles. The summed E-state index contributed by atoms with van der Waals surface area (Å²) in [5.41, 5.74) is 0.610. The van der Waals surface area contributed by atoms with E-state index >= 15 is 0 Å². The highest BCUT2D eigenvalue weighted by atomic mass is 35.5. The van der Waals surface area contributed by atoms with Gasteiger partial charge in [-0.1, -0.05) is 29.3 Å². The largest absolute Gasteiger partial charge is 0.481 e. The van der Waals surface area contributed by atoms with Crippen LogP contribution >= 0.6 is 23.2 Å². The normalized spacial score (nSPS) is 12.5. The van der Waals surface area contributed by atoms with Gasteiger partial charge in [0, 0.05) is 23.6 Å². The second-order valence-corrected chi connectivity index (χ2v) is 8.02. The van der Waals surface area contributed by atoms with Gasteiger partial charge in [0.1, 0.15) is 5.75 Å². The van der Waals surface area contributed by atoms with Crippen molar-refractivity contribution in [1.29, 1.82) is 0 Å². The fourth-order valence-electron chi connectivity index (χ4n) is 2.08. The van der Waals surface area contributed by atoms with Crippen molar-refractivity contribution in [2.75, 3.05) is 7.05 Å². The van der Waals surface area contributed by atoms with Crippen molar-refractivity contribution in [2.45, 2.75) is 24.5 Å². The van der Waals surface area contributed by atoms with Crippen LogP contribution in [0.5, 0.6) is 5.75 Å². The van der Waals surface area contributed by atoms with Crippen LogP contribution in [0.1, 0.15) is 12.5 Å². The van der Waals surface area contributed by atoms with Crippen molar-refractivity contribution >= 4 is 39.1 Å². The molecular weight excluding hydrogens is 399 g/mol. The summed E-state index contributed by atoms with van der Waals surface area (Å²) in [6.07, 6.45) is -0.687. The number of hydrogen-bond acceptors (Lipinski definition) is 4. The molecule has 140 valence electrons. The molecule has 0 fully saturated rings. The van der Waals surface area contributed by atoms with E-state index in [0.29, 0.717) is 21.4 Å². The average Bonchev–Trinajstić information content (AvgIpc) is 2.60. The maximum absolute atomic E-state index is 12.4. The van der Waals surface area contributed by atoms with Crippen LogP contribution in [0.25, 0.3) is 0 Å². The van der Waals surface area contributed by atoms with Gasteiger partial charge in [-0.15, -0.1) is 0 Å². The van der Waals surface area contributed by atoms with Gasteiger partial charge < -0.3 is 10.1 Å². The fraction of sp³-hybridized carbons (Fsp3) is 0.235. The van der Waals surface area contributed by atoms with Crippen LogP contribution < -0.4 is 14.8 Å². The van der Waals surface area contributed by atoms with Gasteiger partial charge >= 0.3 is 0 Å². The van der Waals surface area contributed by atoms with Crippen molar-refractivity contribution in [1.82, 2.24) is 10.0 Å². The molecule has 2 aromatic carbocycles. The summed E-state index contributed by atoms with van der Waals surface area (Å²) in [6, 6.07) is 10.6. The second kappa shape index (κ2) is 8.73. The number of likely N-dealkylation sites (N-methyl/N-ethyl adjacent to an activating group) is 1. The number of ether oxygens (including phenoxy) is 1. The second-order valence-electron chi connectivity index (χ2n) is 5.41. The third-order valence-electron chi connectivity index (χ3n) is 3.53. The summed E-state index contributed by atoms with van der Waals surface area (Å²) in [5.74, 6) is 0.115. The molecule has 0 aliphatic rings. The van der Waals surface area contributed by atoms with E-state index < -0.39 is 16.1 Å². The van der Waals surface area contributed by atoms with Crippen LogP contribution in [0, 0.1) is 0 Å². The topological polar surface area (TPSA) is 84.5 Å². The number of hydrogen-bond donors (Lipinski definition) is 2. The van der Waals surface area contributed by atoms with Crippen molar-refractivity contribution in [3.8, 4) is 5.75 Å². The molecule has 0 unspecified atom stereocenters. The predicted octanol–water partition coefficient (Wildman–Crippen LogP) is 2.99. The number of carbonyl (C=O) groups is 1. The molecule has 0 radical (unpaired) electrons. The Bertz CT molecular complexity index is 886. The average molecular weight is 417 g/mol. The number of nitrogens with one attached hydrogen (secondary N) is 2. The number of halogens is 2. The van der Waals surface area contributed by atoms with Crippen molar-refractivity contribution in [2.24, 2.45) is 0 Å². The van der Waals surface area contributed by atoms with Crippen LogP contribution in [0.4, 0.5) is 0 Å². The predicted molar refractivity (Wildman–Crippen MR) is 101 cm³/mol. The highest BCUT2D eigenvalue weighted by Gasteiger charge is 2.16. The van der Waals surface area contributed by atoms with E-state index in [2.05, 4.69) is 10.0 Å². The van der Waals surface area contributed by atoms with Crippen LogP contribution in [-0.4, -0.2) is 27.5 Å². The first-order valence-electron chi connectivity index (χ1n) is 7.65. The van der Waals surface area contributed by atoms with Crippen molar-refractivity contribution in [3.05, 3.63) is 58.1 Å². The molecule has 0 saturated carbocycles. The van der Waals surface area contributed by atoms with Crippen LogP contribution in [0.3, 0.4) is 0 Å². The van der Waals surface area contributed by atoms with E-state index in [1.807, 2.05) is 0 Å². The smallest absolute Gasteiger partial charge is 0.260 e. The molecule has 6 nitrogen and oxygen atoms in total. The maximum Gasteiger partial charge on any atom is 0.260 e. The highest BCUT2D eigenvalue weighted by molar-refractivity contribution is 7.89. The minimum absolute atomic E-state index is 0.0320. The van der Waals surface area contributed by atoms with Gasteiger partial charge in [0.15, 0.2) is 6.10 Å². The van der Waals surface area contributed by atoms with E-state index in [9.17, 15) is 13.2 Å². The molecule has 0 spiro atoms. The molecule has 0 aliphatic heterocycles. The molecule has 26 heavy (non-hydrogen) atoms. The van der Waals surface area contributed by atoms with Gasteiger partial charge in [-0.25, -0.2) is 13.1 Å². The van der Waals surface area contributed by atoms with Crippen LogP contribution in [0.15, 0.2) is 47.4 Å². The molecule has 2 N–H and O–H groups in total. The summed E-state index contributed by atoms with van der Waals surface area (Å²) >= 11 is 11.9. The molecule has 0 bridgehead atoms. The van der Waals surface area contributed by atoms with Gasteiger partial charge in [-0.2, -0.15) is 0 Å². The van der Waals surface area contributed by atoms with Crippen LogP contribution in [-0.2, 0) is 21.4 Å². The fourth-order valence-corrected chi connectivity index (χ4v) is 3.56. The molecule has 0 aliphatic carbocycles. The van der Waals surface area contributed by atoms with Gasteiger partial charge in [0.05, 0.1) is 4.90 Å². The molecule has 0 saturated heterocycles. The van der Waals surface area contributed by atoms with Crippen LogP contribution in [0.2, 0.25) is 10.0 Å². The quantitative estimate of drug-likeness (QED) is 0.726. The third kappa shape index (κ3) is 5.35. The minimum atomic E-state index is -3.73. The van der Waals surface area contributed by atoms with E-state index in [-0.39, 0.29) is 17.3 Å². The Hall–Kier alpha value is -1.80. The molecule has 1 atom stereocenters. The Morgan fingerprint density at radius 1 is 1.15 bits per heavy atom. The summed E-state index contributed by atoms with van der Waals surface area (Å²) in [4.78, 5) is 11.5. The molecule has 1 amide bonds. The first kappa shape index (κ1) is 20.5. The third-order valence-corrected chi connectivity index (χ3v) is 5.53. The maximum atomic E-state index is 12.4. The summed E-state index contributed by atoms with van der Waals surface area (Å²) < 4.78 is 32.7. The number of amides is 1. The Labute approximate surface area is 162 Å². The lowest BCUT2D eigenvalue weighted by atomic mass is 10.2. The zero-order valence-electron chi connectivity index (χ0n) is 14.1. The Kier molecular flexibility index (Phi) is 6.88. The van der Waals surface area contributed by atoms with Crippen molar-refractivity contribution in [3.63, 3.8) is 0 Å². The zero-order valence-corrected chi connectivity index (χ0v) is 16.5. The van der Waals surface area contributed by atoms with E-state index in [4.69, 9.17) is 27.9 Å². The molecular formula is C17H18Cl2N2O4S. The number of sulfonamides is 1. The number of rotatable bonds is 7. The van der Waals surface area contributed by atoms with Gasteiger partial charge in [-0.05, 0) is 48.9 Å². The van der Waals surface area contributed by atoms with Gasteiger partial charge in [0.2, 0.25) is 10.0 Å². The van der Waals surface area contributed by atoms with Gasteiger partial charge in [0.25, 0.3) is 5.91 Å². The lowest BCUT2D eigenvalue weighted by molar-refractivity contribution is -0.126. The Morgan fingerprint density at radius 2 is 1.81 bits per heavy atom. The minimum Gasteiger partial charge on any atom is -0.481 e.